The van der Waals surface area contributed by atoms with Crippen LogP contribution in [0.2, 0.25) is 0 Å². The SMILES string of the molecule is O=c1c2c(nc3cc(C4CC4)[nH]n13)CCN(Cc1ccccc1)C2. The highest BCUT2D eigenvalue weighted by Gasteiger charge is 2.27. The smallest absolute Gasteiger partial charge is 0.277 e. The lowest BCUT2D eigenvalue weighted by Gasteiger charge is -2.27. The van der Waals surface area contributed by atoms with E-state index in [2.05, 4.69) is 40.3 Å². The summed E-state index contributed by atoms with van der Waals surface area (Å²) in [7, 11) is 0. The topological polar surface area (TPSA) is 53.4 Å². The van der Waals surface area contributed by atoms with Crippen LogP contribution >= 0.6 is 0 Å². The van der Waals surface area contributed by atoms with Gasteiger partial charge in [-0.05, 0) is 18.4 Å². The fourth-order valence-corrected chi connectivity index (χ4v) is 3.64. The predicted octanol–water partition coefficient (Wildman–Crippen LogP) is 2.46. The van der Waals surface area contributed by atoms with Crippen molar-refractivity contribution < 1.29 is 0 Å². The molecule has 1 aliphatic carbocycles. The summed E-state index contributed by atoms with van der Waals surface area (Å²) >= 11 is 0. The van der Waals surface area contributed by atoms with Gasteiger partial charge in [0.05, 0.1) is 11.3 Å². The Balaban J connectivity index is 1.48. The summed E-state index contributed by atoms with van der Waals surface area (Å²) in [6, 6.07) is 12.5. The zero-order chi connectivity index (χ0) is 16.1. The van der Waals surface area contributed by atoms with Gasteiger partial charge in [0.15, 0.2) is 5.65 Å². The van der Waals surface area contributed by atoms with Crippen LogP contribution in [0.3, 0.4) is 0 Å². The maximum atomic E-state index is 12.9. The lowest BCUT2D eigenvalue weighted by molar-refractivity contribution is 0.241. The molecular formula is C19H20N4O. The number of nitrogens with one attached hydrogen (secondary N) is 1. The third-order valence-electron chi connectivity index (χ3n) is 5.13. The van der Waals surface area contributed by atoms with Gasteiger partial charge < -0.3 is 0 Å². The van der Waals surface area contributed by atoms with Crippen molar-refractivity contribution in [3.05, 3.63) is 69.3 Å². The summed E-state index contributed by atoms with van der Waals surface area (Å²) in [5.41, 5.74) is 5.11. The maximum absolute atomic E-state index is 12.9. The number of aromatic nitrogens is 3. The first-order valence-electron chi connectivity index (χ1n) is 8.67. The number of fused-ring (bicyclic) bond motifs is 2. The third-order valence-corrected chi connectivity index (χ3v) is 5.13. The Morgan fingerprint density at radius 2 is 2.04 bits per heavy atom. The molecule has 0 atom stereocenters. The Bertz CT molecular complexity index is 953. The second kappa shape index (κ2) is 5.31. The van der Waals surface area contributed by atoms with E-state index in [1.807, 2.05) is 6.07 Å². The maximum Gasteiger partial charge on any atom is 0.277 e. The zero-order valence-electron chi connectivity index (χ0n) is 13.5. The molecule has 122 valence electrons. The molecule has 0 amide bonds. The van der Waals surface area contributed by atoms with E-state index in [9.17, 15) is 4.79 Å². The Labute approximate surface area is 139 Å². The Hall–Kier alpha value is -2.40. The second-order valence-corrected chi connectivity index (χ2v) is 6.97. The molecule has 2 aromatic heterocycles. The summed E-state index contributed by atoms with van der Waals surface area (Å²) in [6.45, 7) is 2.50. The second-order valence-electron chi connectivity index (χ2n) is 6.97. The van der Waals surface area contributed by atoms with Crippen LogP contribution in [0.25, 0.3) is 5.65 Å². The van der Waals surface area contributed by atoms with Gasteiger partial charge in [-0.2, -0.15) is 0 Å². The lowest BCUT2D eigenvalue weighted by atomic mass is 10.1. The van der Waals surface area contributed by atoms with Gasteiger partial charge >= 0.3 is 0 Å². The zero-order valence-corrected chi connectivity index (χ0v) is 13.5. The van der Waals surface area contributed by atoms with Crippen LogP contribution in [0.5, 0.6) is 0 Å². The van der Waals surface area contributed by atoms with E-state index in [-0.39, 0.29) is 5.56 Å². The molecule has 2 aliphatic rings. The van der Waals surface area contributed by atoms with Crippen molar-refractivity contribution >= 4 is 5.65 Å². The largest absolute Gasteiger partial charge is 0.294 e. The molecular weight excluding hydrogens is 300 g/mol. The summed E-state index contributed by atoms with van der Waals surface area (Å²) in [5, 5.41) is 3.26. The fourth-order valence-electron chi connectivity index (χ4n) is 3.64. The van der Waals surface area contributed by atoms with Crippen molar-refractivity contribution in [1.29, 1.82) is 0 Å². The van der Waals surface area contributed by atoms with E-state index in [1.54, 1.807) is 4.52 Å². The van der Waals surface area contributed by atoms with Gasteiger partial charge in [0.1, 0.15) is 0 Å². The number of aromatic amines is 1. The molecule has 1 aliphatic heterocycles. The molecule has 0 saturated heterocycles. The molecule has 0 bridgehead atoms. The number of nitrogens with zero attached hydrogens (tertiary/aromatic N) is 3. The van der Waals surface area contributed by atoms with Crippen molar-refractivity contribution in [2.24, 2.45) is 0 Å². The first kappa shape index (κ1) is 14.0. The highest BCUT2D eigenvalue weighted by atomic mass is 16.1. The highest BCUT2D eigenvalue weighted by molar-refractivity contribution is 5.43. The van der Waals surface area contributed by atoms with Crippen LogP contribution in [-0.2, 0) is 19.5 Å². The van der Waals surface area contributed by atoms with Crippen molar-refractivity contribution in [3.8, 4) is 0 Å². The summed E-state index contributed by atoms with van der Waals surface area (Å²) in [4.78, 5) is 20.0. The lowest BCUT2D eigenvalue weighted by Crippen LogP contribution is -2.36. The summed E-state index contributed by atoms with van der Waals surface area (Å²) < 4.78 is 1.64. The van der Waals surface area contributed by atoms with E-state index >= 15 is 0 Å². The molecule has 5 rings (SSSR count). The molecule has 1 N–H and O–H groups in total. The van der Waals surface area contributed by atoms with E-state index in [0.717, 1.165) is 42.1 Å². The minimum absolute atomic E-state index is 0.0691. The molecule has 3 aromatic rings. The average Bonchev–Trinajstić information content (AvgIpc) is 3.37. The van der Waals surface area contributed by atoms with Crippen molar-refractivity contribution in [1.82, 2.24) is 19.5 Å². The molecule has 1 aromatic carbocycles. The molecule has 1 saturated carbocycles. The first-order valence-corrected chi connectivity index (χ1v) is 8.67. The van der Waals surface area contributed by atoms with Gasteiger partial charge in [-0.25, -0.2) is 9.50 Å². The van der Waals surface area contributed by atoms with Crippen molar-refractivity contribution in [2.45, 2.75) is 38.3 Å². The van der Waals surface area contributed by atoms with Crippen LogP contribution in [0.15, 0.2) is 41.2 Å². The molecule has 24 heavy (non-hydrogen) atoms. The Kier molecular flexibility index (Phi) is 3.10. The predicted molar refractivity (Wildman–Crippen MR) is 92.0 cm³/mol. The van der Waals surface area contributed by atoms with Gasteiger partial charge in [0.25, 0.3) is 5.56 Å². The molecule has 0 radical (unpaired) electrons. The molecule has 0 unspecified atom stereocenters. The number of rotatable bonds is 3. The van der Waals surface area contributed by atoms with Gasteiger partial charge in [-0.15, -0.1) is 0 Å². The monoisotopic (exact) mass is 320 g/mol. The standard InChI is InChI=1S/C19H20N4O/c24-19-15-12-22(11-13-4-2-1-3-5-13)9-8-16(15)20-18-10-17(14-6-7-14)21-23(18)19/h1-5,10,14,21H,6-9,11-12H2. The average molecular weight is 320 g/mol. The van der Waals surface area contributed by atoms with Crippen LogP contribution in [-0.4, -0.2) is 26.0 Å². The number of hydrogen-bond donors (Lipinski definition) is 1. The van der Waals surface area contributed by atoms with E-state index < -0.39 is 0 Å². The summed E-state index contributed by atoms with van der Waals surface area (Å²) in [5.74, 6) is 0.595. The van der Waals surface area contributed by atoms with Gasteiger partial charge in [-0.3, -0.25) is 14.8 Å². The summed E-state index contributed by atoms with van der Waals surface area (Å²) in [6.07, 6.45) is 3.27. The molecule has 3 heterocycles. The fraction of sp³-hybridized carbons (Fsp3) is 0.368. The van der Waals surface area contributed by atoms with Gasteiger partial charge in [0.2, 0.25) is 0 Å². The number of benzene rings is 1. The van der Waals surface area contributed by atoms with Gasteiger partial charge in [-0.1, -0.05) is 30.3 Å². The molecule has 1 fully saturated rings. The molecule has 0 spiro atoms. The van der Waals surface area contributed by atoms with E-state index in [4.69, 9.17) is 4.98 Å². The van der Waals surface area contributed by atoms with Crippen molar-refractivity contribution in [2.75, 3.05) is 6.54 Å². The normalized spacial score (nSPS) is 18.0. The van der Waals surface area contributed by atoms with E-state index in [1.165, 1.54) is 18.4 Å². The Morgan fingerprint density at radius 1 is 1.21 bits per heavy atom. The Morgan fingerprint density at radius 3 is 2.83 bits per heavy atom. The quantitative estimate of drug-likeness (QED) is 0.806. The van der Waals surface area contributed by atoms with Crippen LogP contribution in [0.1, 0.15) is 41.3 Å². The van der Waals surface area contributed by atoms with Crippen LogP contribution in [0, 0.1) is 0 Å². The minimum Gasteiger partial charge on any atom is -0.294 e. The van der Waals surface area contributed by atoms with Crippen molar-refractivity contribution in [3.63, 3.8) is 0 Å². The minimum atomic E-state index is 0.0691. The van der Waals surface area contributed by atoms with Crippen LogP contribution in [0.4, 0.5) is 0 Å². The molecule has 5 heteroatoms. The van der Waals surface area contributed by atoms with E-state index in [0.29, 0.717) is 12.5 Å². The highest BCUT2D eigenvalue weighted by Crippen LogP contribution is 2.39. The number of hydrogen-bond acceptors (Lipinski definition) is 3. The molecule has 5 nitrogen and oxygen atoms in total. The van der Waals surface area contributed by atoms with Crippen LogP contribution < -0.4 is 5.56 Å². The first-order chi connectivity index (χ1) is 11.8. The third kappa shape index (κ3) is 2.36. The van der Waals surface area contributed by atoms with Gasteiger partial charge in [0, 0.05) is 43.7 Å². The number of H-pyrrole nitrogens is 1.